The summed E-state index contributed by atoms with van der Waals surface area (Å²) in [5.41, 5.74) is 11.2. The number of benzene rings is 1. The van der Waals surface area contributed by atoms with E-state index < -0.39 is 0 Å². The summed E-state index contributed by atoms with van der Waals surface area (Å²) in [5.74, 6) is 1.19. The van der Waals surface area contributed by atoms with E-state index in [2.05, 4.69) is 39.4 Å². The molecule has 1 aromatic rings. The molecule has 0 spiro atoms. The van der Waals surface area contributed by atoms with Crippen molar-refractivity contribution in [3.05, 3.63) is 33.9 Å². The van der Waals surface area contributed by atoms with Gasteiger partial charge in [-0.2, -0.15) is 5.10 Å². The first-order valence-electron chi connectivity index (χ1n) is 5.31. The van der Waals surface area contributed by atoms with E-state index in [0.29, 0.717) is 18.1 Å². The normalized spacial score (nSPS) is 10.2. The minimum atomic E-state index is -0.0937. The van der Waals surface area contributed by atoms with Crippen molar-refractivity contribution in [3.8, 4) is 11.5 Å². The smallest absolute Gasteiger partial charge is 0.211 e. The number of nitrogens with two attached hydrogens (primary N) is 2. The van der Waals surface area contributed by atoms with E-state index in [1.165, 1.54) is 6.21 Å². The third kappa shape index (κ3) is 4.78. The monoisotopic (exact) mass is 374 g/mol. The molecule has 102 valence electrons. The van der Waals surface area contributed by atoms with Crippen molar-refractivity contribution in [2.24, 2.45) is 21.7 Å². The first-order chi connectivity index (χ1) is 9.08. The molecule has 0 aliphatic rings. The Hall–Kier alpha value is -1.77. The van der Waals surface area contributed by atoms with Gasteiger partial charge in [0.25, 0.3) is 0 Å². The van der Waals surface area contributed by atoms with Crippen LogP contribution in [0.25, 0.3) is 0 Å². The van der Waals surface area contributed by atoms with Gasteiger partial charge in [-0.1, -0.05) is 12.7 Å². The molecule has 0 bridgehead atoms. The lowest BCUT2D eigenvalue weighted by atomic mass is 10.2. The summed E-state index contributed by atoms with van der Waals surface area (Å²) in [6, 6.07) is 3.67. The minimum Gasteiger partial charge on any atom is -0.493 e. The minimum absolute atomic E-state index is 0.0937. The molecule has 4 N–H and O–H groups in total. The molecule has 7 heteroatoms. The second-order valence-corrected chi connectivity index (χ2v) is 4.57. The van der Waals surface area contributed by atoms with Crippen molar-refractivity contribution in [1.82, 2.24) is 0 Å². The van der Waals surface area contributed by atoms with Gasteiger partial charge in [0.05, 0.1) is 16.9 Å². The van der Waals surface area contributed by atoms with Gasteiger partial charge < -0.3 is 20.9 Å². The summed E-state index contributed by atoms with van der Waals surface area (Å²) in [4.78, 5) is 0. The number of halogens is 1. The molecule has 19 heavy (non-hydrogen) atoms. The molecule has 1 rings (SSSR count). The predicted molar refractivity (Wildman–Crippen MR) is 84.8 cm³/mol. The van der Waals surface area contributed by atoms with Crippen LogP contribution >= 0.6 is 22.6 Å². The summed E-state index contributed by atoms with van der Waals surface area (Å²) in [6.07, 6.45) is 3.20. The highest BCUT2D eigenvalue weighted by Crippen LogP contribution is 2.33. The number of rotatable bonds is 6. The molecule has 0 saturated carbocycles. The molecule has 0 aliphatic heterocycles. The molecule has 0 amide bonds. The number of methoxy groups -OCH3 is 1. The van der Waals surface area contributed by atoms with Crippen LogP contribution in [-0.2, 0) is 0 Å². The average molecular weight is 374 g/mol. The third-order valence-electron chi connectivity index (χ3n) is 1.98. The summed E-state index contributed by atoms with van der Waals surface area (Å²) < 4.78 is 11.7. The van der Waals surface area contributed by atoms with Crippen molar-refractivity contribution in [2.45, 2.75) is 0 Å². The van der Waals surface area contributed by atoms with Crippen LogP contribution in [0.1, 0.15) is 5.56 Å². The fourth-order valence-electron chi connectivity index (χ4n) is 1.26. The standard InChI is InChI=1S/C12H15IN4O2/c1-3-4-19-11-9(13)5-8(6-10(11)18-2)7-16-17-12(14)15/h3,5-7H,1,4H2,2H3,(H4,14,15,17). The van der Waals surface area contributed by atoms with Crippen molar-refractivity contribution < 1.29 is 9.47 Å². The fraction of sp³-hybridized carbons (Fsp3) is 0.167. The highest BCUT2D eigenvalue weighted by molar-refractivity contribution is 14.1. The number of hydrogen-bond acceptors (Lipinski definition) is 4. The largest absolute Gasteiger partial charge is 0.493 e. The molecule has 6 nitrogen and oxygen atoms in total. The molecule has 0 fully saturated rings. The SMILES string of the molecule is C=CCOc1c(I)cc(C=NN=C(N)N)cc1OC. The van der Waals surface area contributed by atoms with E-state index >= 15 is 0 Å². The van der Waals surface area contributed by atoms with Crippen LogP contribution in [0.5, 0.6) is 11.5 Å². The maximum absolute atomic E-state index is 5.54. The van der Waals surface area contributed by atoms with Gasteiger partial charge >= 0.3 is 0 Å². The highest BCUT2D eigenvalue weighted by atomic mass is 127. The molecular weight excluding hydrogens is 359 g/mol. The molecule has 0 atom stereocenters. The van der Waals surface area contributed by atoms with E-state index in [1.807, 2.05) is 6.07 Å². The van der Waals surface area contributed by atoms with Crippen LogP contribution in [-0.4, -0.2) is 25.9 Å². The van der Waals surface area contributed by atoms with Gasteiger partial charge in [-0.3, -0.25) is 0 Å². The fourth-order valence-corrected chi connectivity index (χ4v) is 2.04. The summed E-state index contributed by atoms with van der Waals surface area (Å²) >= 11 is 2.15. The Kier molecular flexibility index (Phi) is 6.13. The number of nitrogens with zero attached hydrogens (tertiary/aromatic N) is 2. The van der Waals surface area contributed by atoms with Crippen LogP contribution in [0.3, 0.4) is 0 Å². The Bertz CT molecular complexity index is 511. The molecular formula is C12H15IN4O2. The molecule has 1 aromatic carbocycles. The second kappa shape index (κ2) is 7.62. The second-order valence-electron chi connectivity index (χ2n) is 3.40. The first-order valence-corrected chi connectivity index (χ1v) is 6.39. The van der Waals surface area contributed by atoms with Crippen LogP contribution in [0.4, 0.5) is 0 Å². The lowest BCUT2D eigenvalue weighted by molar-refractivity contribution is 0.324. The van der Waals surface area contributed by atoms with E-state index in [0.717, 1.165) is 9.13 Å². The molecule has 0 unspecified atom stereocenters. The topological polar surface area (TPSA) is 95.2 Å². The summed E-state index contributed by atoms with van der Waals surface area (Å²) in [5, 5.41) is 7.28. The molecule has 0 saturated heterocycles. The van der Waals surface area contributed by atoms with Crippen LogP contribution in [0.15, 0.2) is 35.0 Å². The molecule has 0 heterocycles. The average Bonchev–Trinajstić information content (AvgIpc) is 2.36. The first kappa shape index (κ1) is 15.3. The van der Waals surface area contributed by atoms with Crippen LogP contribution in [0, 0.1) is 3.57 Å². The Morgan fingerprint density at radius 3 is 2.79 bits per heavy atom. The van der Waals surface area contributed by atoms with Crippen molar-refractivity contribution in [3.63, 3.8) is 0 Å². The predicted octanol–water partition coefficient (Wildman–Crippen LogP) is 1.47. The number of hydrogen-bond donors (Lipinski definition) is 2. The summed E-state index contributed by atoms with van der Waals surface area (Å²) in [7, 11) is 1.57. The van der Waals surface area contributed by atoms with Gasteiger partial charge in [0, 0.05) is 0 Å². The van der Waals surface area contributed by atoms with Gasteiger partial charge in [0.15, 0.2) is 11.5 Å². The Morgan fingerprint density at radius 2 is 2.21 bits per heavy atom. The van der Waals surface area contributed by atoms with Gasteiger partial charge in [0.1, 0.15) is 6.61 Å². The molecule has 0 aliphatic carbocycles. The lowest BCUT2D eigenvalue weighted by Gasteiger charge is -2.12. The third-order valence-corrected chi connectivity index (χ3v) is 2.78. The molecule has 0 radical (unpaired) electrons. The van der Waals surface area contributed by atoms with Crippen molar-refractivity contribution >= 4 is 34.8 Å². The van der Waals surface area contributed by atoms with E-state index in [4.69, 9.17) is 20.9 Å². The van der Waals surface area contributed by atoms with E-state index in [9.17, 15) is 0 Å². The number of ether oxygens (including phenoxy) is 2. The van der Waals surface area contributed by atoms with Crippen LogP contribution < -0.4 is 20.9 Å². The van der Waals surface area contributed by atoms with E-state index in [1.54, 1.807) is 19.3 Å². The lowest BCUT2D eigenvalue weighted by Crippen LogP contribution is -2.21. The highest BCUT2D eigenvalue weighted by Gasteiger charge is 2.10. The molecule has 0 aromatic heterocycles. The zero-order valence-corrected chi connectivity index (χ0v) is 12.6. The van der Waals surface area contributed by atoms with Gasteiger partial charge in [-0.05, 0) is 40.3 Å². The Labute approximate surface area is 125 Å². The van der Waals surface area contributed by atoms with Crippen molar-refractivity contribution in [2.75, 3.05) is 13.7 Å². The maximum Gasteiger partial charge on any atom is 0.211 e. The van der Waals surface area contributed by atoms with Crippen molar-refractivity contribution in [1.29, 1.82) is 0 Å². The zero-order valence-electron chi connectivity index (χ0n) is 10.5. The Balaban J connectivity index is 3.05. The number of guanidine groups is 1. The summed E-state index contributed by atoms with van der Waals surface area (Å²) in [6.45, 7) is 4.02. The quantitative estimate of drug-likeness (QED) is 0.259. The van der Waals surface area contributed by atoms with Gasteiger partial charge in [0.2, 0.25) is 5.96 Å². The van der Waals surface area contributed by atoms with Crippen LogP contribution in [0.2, 0.25) is 0 Å². The van der Waals surface area contributed by atoms with Gasteiger partial charge in [-0.15, -0.1) is 5.10 Å². The Morgan fingerprint density at radius 1 is 1.47 bits per heavy atom. The zero-order chi connectivity index (χ0) is 14.3. The van der Waals surface area contributed by atoms with Gasteiger partial charge in [-0.25, -0.2) is 0 Å². The van der Waals surface area contributed by atoms with E-state index in [-0.39, 0.29) is 5.96 Å². The maximum atomic E-state index is 5.54.